The molecule has 0 aliphatic heterocycles. The molecule has 0 aromatic rings. The van der Waals surface area contributed by atoms with Crippen LogP contribution in [-0.2, 0) is 9.63 Å². The number of hydrogen-bond acceptors (Lipinski definition) is 1. The molecule has 2 rings (SSSR count). The van der Waals surface area contributed by atoms with Gasteiger partial charge in [0.25, 0.3) is 0 Å². The van der Waals surface area contributed by atoms with Crippen LogP contribution in [0.4, 0.5) is 8.78 Å². The third-order valence-electron chi connectivity index (χ3n) is 4.38. The molecule has 2 aliphatic carbocycles. The van der Waals surface area contributed by atoms with Gasteiger partial charge >= 0.3 is 0 Å². The Labute approximate surface area is 106 Å². The fourth-order valence-corrected chi connectivity index (χ4v) is 6.16. The van der Waals surface area contributed by atoms with Crippen molar-refractivity contribution in [1.29, 1.82) is 0 Å². The van der Waals surface area contributed by atoms with Gasteiger partial charge in [0.05, 0.1) is 20.1 Å². The van der Waals surface area contributed by atoms with E-state index in [2.05, 4.69) is 0 Å². The molecule has 18 heavy (non-hydrogen) atoms. The average Bonchev–Trinajstić information content (AvgIpc) is 2.28. The van der Waals surface area contributed by atoms with Crippen LogP contribution in [0.15, 0.2) is 0 Å². The number of halogens is 2. The lowest BCUT2D eigenvalue weighted by Gasteiger charge is -2.48. The first-order valence-electron chi connectivity index (χ1n) is 6.71. The molecule has 4 atom stereocenters. The Bertz CT molecular complexity index is 340. The maximum Gasteiger partial charge on any atom is 0.101 e. The molecule has 0 heterocycles. The minimum Gasteiger partial charge on any atom is -0.307 e. The first-order valence-corrected chi connectivity index (χ1v) is 8.71. The Morgan fingerprint density at radius 1 is 0.833 bits per heavy atom. The van der Waals surface area contributed by atoms with E-state index in [4.69, 9.17) is 0 Å². The first-order chi connectivity index (χ1) is 8.28. The van der Waals surface area contributed by atoms with Crippen LogP contribution < -0.4 is 0 Å². The maximum absolute atomic E-state index is 13.4. The van der Waals surface area contributed by atoms with Crippen LogP contribution >= 0.6 is 0 Å². The number of alkyl halides is 2. The largest absolute Gasteiger partial charge is 0.307 e. The van der Waals surface area contributed by atoms with E-state index in [0.29, 0.717) is 38.5 Å². The van der Waals surface area contributed by atoms with Gasteiger partial charge in [-0.3, -0.25) is 0 Å². The summed E-state index contributed by atoms with van der Waals surface area (Å²) < 4.78 is 59.8. The molecule has 108 valence electrons. The highest BCUT2D eigenvalue weighted by Crippen LogP contribution is 2.44. The van der Waals surface area contributed by atoms with E-state index in [-0.39, 0.29) is 12.8 Å². The van der Waals surface area contributed by atoms with Crippen molar-refractivity contribution in [3.63, 3.8) is 0 Å². The summed E-state index contributed by atoms with van der Waals surface area (Å²) in [5, 5.41) is -1.86. The summed E-state index contributed by atoms with van der Waals surface area (Å²) in [6.45, 7) is 0. The summed E-state index contributed by atoms with van der Waals surface area (Å²) >= 11 is 0. The predicted molar refractivity (Wildman–Crippen MR) is 67.7 cm³/mol. The molecule has 2 N–H and O–H groups in total. The molecule has 0 saturated heterocycles. The van der Waals surface area contributed by atoms with Crippen LogP contribution in [-0.4, -0.2) is 36.2 Å². The van der Waals surface area contributed by atoms with E-state index in [9.17, 15) is 22.1 Å². The lowest BCUT2D eigenvalue weighted by molar-refractivity contribution is 0.215. The van der Waals surface area contributed by atoms with Crippen molar-refractivity contribution in [3.8, 4) is 0 Å². The van der Waals surface area contributed by atoms with Crippen LogP contribution in [0.25, 0.3) is 0 Å². The van der Waals surface area contributed by atoms with Crippen LogP contribution in [0.5, 0.6) is 0 Å². The third-order valence-corrected chi connectivity index (χ3v) is 7.74. The third kappa shape index (κ3) is 2.75. The number of rotatable bonds is 2. The molecule has 0 aromatic heterocycles. The second-order valence-electron chi connectivity index (χ2n) is 5.75. The van der Waals surface area contributed by atoms with Crippen LogP contribution in [0.2, 0.25) is 0 Å². The molecule has 3 nitrogen and oxygen atoms in total. The van der Waals surface area contributed by atoms with Crippen molar-refractivity contribution < 1.29 is 22.1 Å². The topological polar surface area (TPSA) is 57.5 Å². The fourth-order valence-electron chi connectivity index (χ4n) is 3.25. The van der Waals surface area contributed by atoms with Crippen LogP contribution in [0.1, 0.15) is 51.4 Å². The summed E-state index contributed by atoms with van der Waals surface area (Å²) in [4.78, 5) is 0. The Balaban J connectivity index is 2.17. The predicted octanol–water partition coefficient (Wildman–Crippen LogP) is 3.31. The van der Waals surface area contributed by atoms with Crippen molar-refractivity contribution in [1.82, 2.24) is 0 Å². The molecule has 2 fully saturated rings. The Morgan fingerprint density at radius 2 is 1.22 bits per heavy atom. The normalized spacial score (nSPS) is 41.0. The zero-order valence-electron chi connectivity index (χ0n) is 10.4. The van der Waals surface area contributed by atoms with Gasteiger partial charge in [-0.2, -0.15) is 0 Å². The van der Waals surface area contributed by atoms with Gasteiger partial charge in [-0.15, -0.1) is 0 Å². The second-order valence-corrected chi connectivity index (χ2v) is 9.05. The number of hydrogen-bond donors (Lipinski definition) is 2. The Hall–Kier alpha value is -0.0700. The van der Waals surface area contributed by atoms with Gasteiger partial charge in [-0.05, 0) is 51.4 Å². The van der Waals surface area contributed by atoms with E-state index < -0.39 is 32.5 Å². The molecule has 0 amide bonds. The fraction of sp³-hybridized carbons (Fsp3) is 1.00. The smallest absolute Gasteiger partial charge is 0.101 e. The quantitative estimate of drug-likeness (QED) is 0.818. The molecule has 0 radical (unpaired) electrons. The molecular weight excluding hydrogens is 262 g/mol. The van der Waals surface area contributed by atoms with Gasteiger partial charge in [-0.25, -0.2) is 13.0 Å². The zero-order chi connectivity index (χ0) is 13.4. The van der Waals surface area contributed by atoms with Crippen molar-refractivity contribution in [2.75, 3.05) is 0 Å². The minimum absolute atomic E-state index is 0.0776. The lowest BCUT2D eigenvalue weighted by Crippen LogP contribution is -2.56. The molecule has 4 unspecified atom stereocenters. The molecule has 2 aliphatic rings. The van der Waals surface area contributed by atoms with Gasteiger partial charge in [0, 0.05) is 0 Å². The highest BCUT2D eigenvalue weighted by molar-refractivity contribution is 8.11. The van der Waals surface area contributed by atoms with E-state index >= 15 is 0 Å². The molecule has 0 spiro atoms. The standard InChI is InChI=1S/C12H22F2O3S/c13-9-3-1-5-11(7-9)18(15,16,17)12-6-2-4-10(14)8-12/h9-12H,1-8H2,(H2,15,16,17). The van der Waals surface area contributed by atoms with E-state index in [1.54, 1.807) is 0 Å². The summed E-state index contributed by atoms with van der Waals surface area (Å²) in [5.74, 6) is 0. The van der Waals surface area contributed by atoms with E-state index in [0.717, 1.165) is 0 Å². The van der Waals surface area contributed by atoms with Crippen molar-refractivity contribution in [3.05, 3.63) is 0 Å². The molecular formula is C12H22F2O3S. The van der Waals surface area contributed by atoms with Gasteiger partial charge in [0.15, 0.2) is 0 Å². The summed E-state index contributed by atoms with van der Waals surface area (Å²) in [5.41, 5.74) is 0. The maximum atomic E-state index is 13.4. The van der Waals surface area contributed by atoms with E-state index in [1.807, 2.05) is 0 Å². The Kier molecular flexibility index (Phi) is 3.82. The van der Waals surface area contributed by atoms with Crippen molar-refractivity contribution >= 4 is 9.63 Å². The van der Waals surface area contributed by atoms with Gasteiger partial charge < -0.3 is 9.11 Å². The highest BCUT2D eigenvalue weighted by Gasteiger charge is 2.50. The molecule has 0 bridgehead atoms. The average molecular weight is 284 g/mol. The molecule has 0 aromatic carbocycles. The summed E-state index contributed by atoms with van der Waals surface area (Å²) in [6.07, 6.45) is 0.0805. The van der Waals surface area contributed by atoms with E-state index in [1.165, 1.54) is 0 Å². The van der Waals surface area contributed by atoms with Gasteiger partial charge in [0.1, 0.15) is 12.3 Å². The van der Waals surface area contributed by atoms with Gasteiger partial charge in [0.2, 0.25) is 0 Å². The molecule has 6 heteroatoms. The van der Waals surface area contributed by atoms with Crippen LogP contribution in [0, 0.1) is 0 Å². The first kappa shape index (κ1) is 14.3. The SMILES string of the molecule is O=S(O)(O)(C1CCCC(F)C1)C1CCCC(F)C1. The summed E-state index contributed by atoms with van der Waals surface area (Å²) in [7, 11) is -4.92. The minimum atomic E-state index is -4.92. The lowest BCUT2D eigenvalue weighted by atomic mass is 9.98. The second kappa shape index (κ2) is 4.80. The van der Waals surface area contributed by atoms with Crippen LogP contribution in [0.3, 0.4) is 0 Å². The summed E-state index contributed by atoms with van der Waals surface area (Å²) in [6, 6.07) is 0. The van der Waals surface area contributed by atoms with Gasteiger partial charge in [-0.1, -0.05) is 0 Å². The monoisotopic (exact) mass is 284 g/mol. The van der Waals surface area contributed by atoms with Crippen molar-refractivity contribution in [2.45, 2.75) is 74.2 Å². The Morgan fingerprint density at radius 3 is 1.56 bits per heavy atom. The highest BCUT2D eigenvalue weighted by atomic mass is 32.3. The molecule has 2 saturated carbocycles. The zero-order valence-corrected chi connectivity index (χ0v) is 11.2. The van der Waals surface area contributed by atoms with Crippen molar-refractivity contribution in [2.24, 2.45) is 0 Å².